The highest BCUT2D eigenvalue weighted by Gasteiger charge is 2.11. The average molecular weight is 319 g/mol. The Balaban J connectivity index is 2.11. The van der Waals surface area contributed by atoms with Crippen LogP contribution in [0.15, 0.2) is 27.4 Å². The molecular weight excluding hydrogens is 298 g/mol. The van der Waals surface area contributed by atoms with Crippen molar-refractivity contribution in [3.63, 3.8) is 0 Å². The highest BCUT2D eigenvalue weighted by molar-refractivity contribution is 5.88. The second kappa shape index (κ2) is 7.78. The van der Waals surface area contributed by atoms with Gasteiger partial charge in [0.1, 0.15) is 11.3 Å². The Morgan fingerprint density at radius 2 is 2.04 bits per heavy atom. The van der Waals surface area contributed by atoms with Gasteiger partial charge in [0.25, 0.3) is 5.91 Å². The molecule has 0 spiro atoms. The first-order chi connectivity index (χ1) is 11.0. The number of methoxy groups -OCH3 is 1. The molecule has 6 heteroatoms. The Bertz CT molecular complexity index is 750. The normalized spacial score (nSPS) is 10.7. The molecule has 0 atom stereocenters. The second-order valence-corrected chi connectivity index (χ2v) is 5.37. The van der Waals surface area contributed by atoms with E-state index >= 15 is 0 Å². The smallest absolute Gasteiger partial charge is 0.336 e. The van der Waals surface area contributed by atoms with Crippen molar-refractivity contribution in [2.75, 3.05) is 26.9 Å². The number of rotatable bonds is 7. The van der Waals surface area contributed by atoms with Crippen LogP contribution in [0, 0.1) is 13.8 Å². The summed E-state index contributed by atoms with van der Waals surface area (Å²) in [5.41, 5.74) is 1.71. The van der Waals surface area contributed by atoms with Gasteiger partial charge in [0.15, 0.2) is 6.61 Å². The fourth-order valence-corrected chi connectivity index (χ4v) is 2.33. The fourth-order valence-electron chi connectivity index (χ4n) is 2.33. The lowest BCUT2D eigenvalue weighted by atomic mass is 10.1. The number of ether oxygens (including phenoxy) is 2. The van der Waals surface area contributed by atoms with E-state index in [0.717, 1.165) is 17.5 Å². The largest absolute Gasteiger partial charge is 0.483 e. The highest BCUT2D eigenvalue weighted by Crippen LogP contribution is 2.29. The molecule has 2 rings (SSSR count). The Hall–Kier alpha value is -2.34. The van der Waals surface area contributed by atoms with E-state index in [4.69, 9.17) is 13.9 Å². The van der Waals surface area contributed by atoms with Crippen LogP contribution >= 0.6 is 0 Å². The van der Waals surface area contributed by atoms with Crippen LogP contribution in [0.3, 0.4) is 0 Å². The third-order valence-corrected chi connectivity index (χ3v) is 3.36. The molecule has 0 bridgehead atoms. The van der Waals surface area contributed by atoms with Gasteiger partial charge in [-0.3, -0.25) is 4.79 Å². The lowest BCUT2D eigenvalue weighted by Crippen LogP contribution is -2.30. The number of aryl methyl sites for hydroxylation is 2. The number of hydrogen-bond donors (Lipinski definition) is 1. The summed E-state index contributed by atoms with van der Waals surface area (Å²) in [7, 11) is 1.62. The fraction of sp³-hybridized carbons (Fsp3) is 0.412. The molecule has 0 aliphatic carbocycles. The van der Waals surface area contributed by atoms with Gasteiger partial charge >= 0.3 is 5.63 Å². The van der Waals surface area contributed by atoms with E-state index in [-0.39, 0.29) is 12.5 Å². The van der Waals surface area contributed by atoms with E-state index < -0.39 is 5.63 Å². The summed E-state index contributed by atoms with van der Waals surface area (Å²) in [6, 6.07) is 5.02. The number of nitrogens with one attached hydrogen (secondary N) is 1. The van der Waals surface area contributed by atoms with Crippen molar-refractivity contribution in [1.82, 2.24) is 5.32 Å². The second-order valence-electron chi connectivity index (χ2n) is 5.37. The molecule has 1 N–H and O–H groups in total. The molecule has 0 aliphatic heterocycles. The summed E-state index contributed by atoms with van der Waals surface area (Å²) < 4.78 is 15.8. The molecule has 0 aliphatic rings. The van der Waals surface area contributed by atoms with Gasteiger partial charge in [-0.2, -0.15) is 0 Å². The summed E-state index contributed by atoms with van der Waals surface area (Å²) >= 11 is 0. The Labute approximate surface area is 134 Å². The highest BCUT2D eigenvalue weighted by atomic mass is 16.5. The zero-order valence-electron chi connectivity index (χ0n) is 13.6. The summed E-state index contributed by atoms with van der Waals surface area (Å²) in [5, 5.41) is 3.47. The molecule has 1 aromatic carbocycles. The minimum Gasteiger partial charge on any atom is -0.483 e. The van der Waals surface area contributed by atoms with Crippen molar-refractivity contribution in [3.05, 3.63) is 39.7 Å². The summed E-state index contributed by atoms with van der Waals surface area (Å²) in [4.78, 5) is 23.3. The molecule has 2 aromatic rings. The van der Waals surface area contributed by atoms with Crippen LogP contribution in [-0.2, 0) is 9.53 Å². The van der Waals surface area contributed by atoms with Crippen LogP contribution in [0.4, 0.5) is 0 Å². The minimum atomic E-state index is -0.401. The molecule has 6 nitrogen and oxygen atoms in total. The van der Waals surface area contributed by atoms with E-state index in [0.29, 0.717) is 29.9 Å². The van der Waals surface area contributed by atoms with Gasteiger partial charge in [0, 0.05) is 26.3 Å². The Morgan fingerprint density at radius 1 is 1.26 bits per heavy atom. The molecule has 0 saturated heterocycles. The Kier molecular flexibility index (Phi) is 5.76. The van der Waals surface area contributed by atoms with Crippen molar-refractivity contribution in [3.8, 4) is 5.75 Å². The van der Waals surface area contributed by atoms with Crippen molar-refractivity contribution in [1.29, 1.82) is 0 Å². The molecule has 23 heavy (non-hydrogen) atoms. The zero-order chi connectivity index (χ0) is 16.8. The number of carbonyl (C=O) groups excluding carboxylic acids is 1. The number of fused-ring (bicyclic) bond motifs is 1. The van der Waals surface area contributed by atoms with Crippen molar-refractivity contribution < 1.29 is 18.7 Å². The van der Waals surface area contributed by atoms with Gasteiger partial charge in [-0.05, 0) is 43.5 Å². The van der Waals surface area contributed by atoms with Gasteiger partial charge in [-0.15, -0.1) is 0 Å². The third-order valence-electron chi connectivity index (χ3n) is 3.36. The van der Waals surface area contributed by atoms with Gasteiger partial charge in [0.2, 0.25) is 0 Å². The van der Waals surface area contributed by atoms with Crippen LogP contribution < -0.4 is 15.7 Å². The van der Waals surface area contributed by atoms with Crippen LogP contribution in [0.2, 0.25) is 0 Å². The molecule has 0 fully saturated rings. The molecule has 0 saturated carbocycles. The van der Waals surface area contributed by atoms with E-state index in [2.05, 4.69) is 5.32 Å². The van der Waals surface area contributed by atoms with E-state index in [1.54, 1.807) is 13.2 Å². The first-order valence-electron chi connectivity index (χ1n) is 7.45. The third kappa shape index (κ3) is 4.56. The van der Waals surface area contributed by atoms with Crippen LogP contribution in [-0.4, -0.2) is 32.8 Å². The first kappa shape index (κ1) is 17.0. The van der Waals surface area contributed by atoms with Gasteiger partial charge in [-0.25, -0.2) is 4.79 Å². The molecule has 124 valence electrons. The van der Waals surface area contributed by atoms with E-state index in [1.165, 1.54) is 6.07 Å². The lowest BCUT2D eigenvalue weighted by Gasteiger charge is -2.11. The zero-order valence-corrected chi connectivity index (χ0v) is 13.6. The van der Waals surface area contributed by atoms with E-state index in [9.17, 15) is 9.59 Å². The van der Waals surface area contributed by atoms with E-state index in [1.807, 2.05) is 19.9 Å². The first-order valence-corrected chi connectivity index (χ1v) is 7.45. The number of amides is 1. The number of hydrogen-bond acceptors (Lipinski definition) is 5. The molecule has 1 aromatic heterocycles. The molecule has 1 heterocycles. The maximum Gasteiger partial charge on any atom is 0.336 e. The molecule has 1 amide bonds. The topological polar surface area (TPSA) is 77.8 Å². The standard InChI is InChI=1S/C17H21NO5/c1-11-7-13(22-10-15(19)18-5-4-6-21-3)17-12(2)9-16(20)23-14(17)8-11/h7-9H,4-6,10H2,1-3H3,(H,18,19). The molecule has 0 unspecified atom stereocenters. The van der Waals surface area contributed by atoms with Crippen molar-refractivity contribution >= 4 is 16.9 Å². The van der Waals surface area contributed by atoms with Crippen LogP contribution in [0.1, 0.15) is 17.5 Å². The number of benzene rings is 1. The predicted molar refractivity (Wildman–Crippen MR) is 87.0 cm³/mol. The lowest BCUT2D eigenvalue weighted by molar-refractivity contribution is -0.123. The quantitative estimate of drug-likeness (QED) is 0.623. The number of carbonyl (C=O) groups is 1. The van der Waals surface area contributed by atoms with Gasteiger partial charge in [0.05, 0.1) is 5.39 Å². The summed E-state index contributed by atoms with van der Waals surface area (Å²) in [6.07, 6.45) is 0.750. The van der Waals surface area contributed by atoms with Crippen LogP contribution in [0.25, 0.3) is 11.0 Å². The molecule has 0 radical (unpaired) electrons. The molecular formula is C17H21NO5. The summed E-state index contributed by atoms with van der Waals surface area (Å²) in [6.45, 7) is 4.73. The maximum absolute atomic E-state index is 11.8. The van der Waals surface area contributed by atoms with Crippen LogP contribution in [0.5, 0.6) is 5.75 Å². The van der Waals surface area contributed by atoms with Gasteiger partial charge in [-0.1, -0.05) is 0 Å². The predicted octanol–water partition coefficient (Wildman–Crippen LogP) is 1.94. The average Bonchev–Trinajstić information content (AvgIpc) is 2.48. The minimum absolute atomic E-state index is 0.0932. The monoisotopic (exact) mass is 319 g/mol. The maximum atomic E-state index is 11.8. The van der Waals surface area contributed by atoms with Gasteiger partial charge < -0.3 is 19.2 Å². The van der Waals surface area contributed by atoms with Crippen molar-refractivity contribution in [2.24, 2.45) is 0 Å². The Morgan fingerprint density at radius 3 is 2.78 bits per heavy atom. The summed E-state index contributed by atoms with van der Waals surface area (Å²) in [5.74, 6) is 0.332. The van der Waals surface area contributed by atoms with Crippen molar-refractivity contribution in [2.45, 2.75) is 20.3 Å². The SMILES string of the molecule is COCCCNC(=O)COc1cc(C)cc2oc(=O)cc(C)c12.